The smallest absolute Gasteiger partial charge is 1.00 e. The molecule has 0 spiro atoms. The van der Waals surface area contributed by atoms with Gasteiger partial charge in [0.05, 0.1) is 16.1 Å². The van der Waals surface area contributed by atoms with Gasteiger partial charge in [0.1, 0.15) is 0 Å². The molecule has 0 amide bonds. The molecular weight excluding hydrogens is 756 g/mol. The molecule has 0 fully saturated rings. The van der Waals surface area contributed by atoms with Gasteiger partial charge in [-0.3, -0.25) is 12.2 Å². The van der Waals surface area contributed by atoms with Gasteiger partial charge in [-0.2, -0.15) is 10.4 Å². The second-order valence-electron chi connectivity index (χ2n) is 11.9. The van der Waals surface area contributed by atoms with Crippen LogP contribution in [-0.2, 0) is 0 Å². The average Bonchev–Trinajstić information content (AvgIpc) is 3.06. The summed E-state index contributed by atoms with van der Waals surface area (Å²) in [4.78, 5) is 0. The van der Waals surface area contributed by atoms with Crippen LogP contribution < -0.4 is 49.6 Å². The van der Waals surface area contributed by atoms with Gasteiger partial charge in [-0.05, 0) is 0 Å². The van der Waals surface area contributed by atoms with Crippen molar-refractivity contribution in [2.45, 2.75) is 91.4 Å². The maximum Gasteiger partial charge on any atom is 4.00 e. The predicted molar refractivity (Wildman–Crippen MR) is 132 cm³/mol. The first-order valence-corrected chi connectivity index (χ1v) is 24.1. The Labute approximate surface area is 247 Å². The molecule has 0 N–H and O–H groups in total. The number of halogens is 4. The molecule has 0 saturated heterocycles. The van der Waals surface area contributed by atoms with Crippen LogP contribution in [0, 0.1) is 43.3 Å². The van der Waals surface area contributed by atoms with Gasteiger partial charge in [-0.15, -0.1) is 12.8 Å². The van der Waals surface area contributed by atoms with Gasteiger partial charge in [0.25, 0.3) is 0 Å². The minimum atomic E-state index is -1.09. The molecule has 0 heterocycles. The van der Waals surface area contributed by atoms with Crippen LogP contribution >= 0.6 is 0 Å². The molecule has 31 heavy (non-hydrogen) atoms. The Morgan fingerprint density at radius 2 is 0.710 bits per heavy atom. The average molecular weight is 799 g/mol. The molecular formula is C22H42Cl4Si4U-2. The SMILES string of the molecule is C[Si](C)(C)C1=[C-]C([Si](C)(C)C)=CC1.C[Si](C)(C)C1=[C-]C([Si](C)(C)C)=CC1.[Cl-].[Cl-].[Cl-].[Cl-].[U+4]. The van der Waals surface area contributed by atoms with E-state index in [0.29, 0.717) is 0 Å². The van der Waals surface area contributed by atoms with E-state index in [1.165, 1.54) is 12.8 Å². The van der Waals surface area contributed by atoms with Gasteiger partial charge in [0, 0.05) is 16.1 Å². The van der Waals surface area contributed by atoms with E-state index in [4.69, 9.17) is 0 Å². The zero-order valence-corrected chi connectivity index (χ0v) is 32.8. The third-order valence-corrected chi connectivity index (χ3v) is 13.2. The number of hydrogen-bond donors (Lipinski definition) is 0. The second-order valence-corrected chi connectivity index (χ2v) is 32.1. The van der Waals surface area contributed by atoms with E-state index in [-0.39, 0.29) is 80.7 Å². The number of rotatable bonds is 4. The first kappa shape index (κ1) is 43.1. The fourth-order valence-electron chi connectivity index (χ4n) is 2.91. The summed E-state index contributed by atoms with van der Waals surface area (Å²) in [5.74, 6) is 0. The van der Waals surface area contributed by atoms with E-state index < -0.39 is 32.3 Å². The van der Waals surface area contributed by atoms with Gasteiger partial charge in [0.15, 0.2) is 0 Å². The van der Waals surface area contributed by atoms with Crippen molar-refractivity contribution in [3.63, 3.8) is 0 Å². The second kappa shape index (κ2) is 15.9. The van der Waals surface area contributed by atoms with E-state index in [9.17, 15) is 0 Å². The van der Waals surface area contributed by atoms with E-state index in [1.807, 2.05) is 0 Å². The summed E-state index contributed by atoms with van der Waals surface area (Å²) in [5.41, 5.74) is 0. The molecule has 0 atom stereocenters. The quantitative estimate of drug-likeness (QED) is 0.200. The third kappa shape index (κ3) is 14.9. The van der Waals surface area contributed by atoms with Crippen molar-refractivity contribution in [1.29, 1.82) is 0 Å². The van der Waals surface area contributed by atoms with Crippen molar-refractivity contribution in [2.24, 2.45) is 0 Å². The molecule has 9 heteroatoms. The summed E-state index contributed by atoms with van der Waals surface area (Å²) < 4.78 is 0. The molecule has 0 aromatic heterocycles. The van der Waals surface area contributed by atoms with E-state index in [0.717, 1.165) is 0 Å². The fraction of sp³-hybridized carbons (Fsp3) is 0.636. The molecule has 0 aromatic rings. The first-order valence-electron chi connectivity index (χ1n) is 10.1. The normalized spacial score (nSPS) is 15.6. The van der Waals surface area contributed by atoms with Gasteiger partial charge < -0.3 is 49.6 Å². The molecule has 0 unspecified atom stereocenters. The zero-order chi connectivity index (χ0) is 20.6. The summed E-state index contributed by atoms with van der Waals surface area (Å²) in [6.45, 7) is 28.9. The van der Waals surface area contributed by atoms with Gasteiger partial charge in [0.2, 0.25) is 0 Å². The predicted octanol–water partition coefficient (Wildman–Crippen LogP) is -4.38. The Balaban J connectivity index is -0.000000125. The molecule has 0 nitrogen and oxygen atoms in total. The summed E-state index contributed by atoms with van der Waals surface area (Å²) >= 11 is 0. The molecule has 0 saturated carbocycles. The Kier molecular flexibility index (Phi) is 22.1. The minimum absolute atomic E-state index is 0. The summed E-state index contributed by atoms with van der Waals surface area (Å²) in [6.07, 6.45) is 14.6. The summed E-state index contributed by atoms with van der Waals surface area (Å²) in [6, 6.07) is 0. The number of hydrogen-bond acceptors (Lipinski definition) is 0. The summed E-state index contributed by atoms with van der Waals surface area (Å²) in [5, 5.41) is 6.32. The molecule has 0 aromatic carbocycles. The maximum atomic E-state index is 3.67. The maximum absolute atomic E-state index is 3.67. The molecule has 2 rings (SSSR count). The van der Waals surface area contributed by atoms with Crippen LogP contribution in [0.4, 0.5) is 0 Å². The number of allylic oxidation sites excluding steroid dienone is 8. The Hall–Kier alpha value is 2.04. The van der Waals surface area contributed by atoms with E-state index >= 15 is 0 Å². The van der Waals surface area contributed by atoms with Crippen molar-refractivity contribution in [3.05, 3.63) is 45.1 Å². The zero-order valence-electron chi connectivity index (χ0n) is 21.6. The van der Waals surface area contributed by atoms with E-state index in [1.54, 1.807) is 20.8 Å². The fourth-order valence-corrected chi connectivity index (χ4v) is 8.09. The monoisotopic (exact) mass is 796 g/mol. The molecule has 2 aliphatic rings. The van der Waals surface area contributed by atoms with Crippen LogP contribution in [0.15, 0.2) is 32.9 Å². The van der Waals surface area contributed by atoms with Gasteiger partial charge >= 0.3 is 31.1 Å². The molecule has 0 bridgehead atoms. The minimum Gasteiger partial charge on any atom is -1.00 e. The molecule has 2 aliphatic carbocycles. The van der Waals surface area contributed by atoms with Crippen molar-refractivity contribution in [1.82, 2.24) is 0 Å². The molecule has 0 radical (unpaired) electrons. The first-order chi connectivity index (χ1) is 11.4. The standard InChI is InChI=1S/2C11H21Si2.4ClH.U/c2*1-12(2,3)10-7-8-11(9-10)13(4,5)6;;;;;/h2*7H,8H2,1-6H3;4*1H;/q2*-1;;;;;+4/p-4. The van der Waals surface area contributed by atoms with Crippen LogP contribution in [0.1, 0.15) is 12.8 Å². The van der Waals surface area contributed by atoms with Crippen molar-refractivity contribution >= 4 is 32.3 Å². The largest absolute Gasteiger partial charge is 4.00 e. The van der Waals surface area contributed by atoms with Crippen LogP contribution in [0.5, 0.6) is 0 Å². The third-order valence-electron chi connectivity index (χ3n) is 5.02. The Bertz CT molecular complexity index is 599. The van der Waals surface area contributed by atoms with E-state index in [2.05, 4.69) is 103 Å². The van der Waals surface area contributed by atoms with Gasteiger partial charge in [-0.25, -0.2) is 22.5 Å². The van der Waals surface area contributed by atoms with Crippen molar-refractivity contribution in [2.75, 3.05) is 0 Å². The summed E-state index contributed by atoms with van der Waals surface area (Å²) in [7, 11) is -4.32. The molecule has 180 valence electrons. The van der Waals surface area contributed by atoms with Crippen LogP contribution in [-0.4, -0.2) is 32.3 Å². The topological polar surface area (TPSA) is 0 Å². The van der Waals surface area contributed by atoms with Crippen LogP contribution in [0.25, 0.3) is 0 Å². The van der Waals surface area contributed by atoms with Crippen molar-refractivity contribution in [3.8, 4) is 0 Å². The van der Waals surface area contributed by atoms with Crippen LogP contribution in [0.2, 0.25) is 78.6 Å². The van der Waals surface area contributed by atoms with Gasteiger partial charge in [-0.1, -0.05) is 78.6 Å². The Morgan fingerprint density at radius 1 is 0.484 bits per heavy atom. The Morgan fingerprint density at radius 3 is 0.806 bits per heavy atom. The molecule has 0 aliphatic heterocycles. The van der Waals surface area contributed by atoms with Crippen LogP contribution in [0.3, 0.4) is 0 Å². The van der Waals surface area contributed by atoms with Crippen molar-refractivity contribution < 1.29 is 80.7 Å².